The number of carbonyl (C=O) groups is 5. The quantitative estimate of drug-likeness (QED) is 0.175. The lowest BCUT2D eigenvalue weighted by molar-refractivity contribution is -0.136. The summed E-state index contributed by atoms with van der Waals surface area (Å²) in [5, 5.41) is 17.0. The van der Waals surface area contributed by atoms with Gasteiger partial charge < -0.3 is 25.2 Å². The van der Waals surface area contributed by atoms with Gasteiger partial charge in [-0.05, 0) is 119 Å². The Morgan fingerprint density at radius 3 is 2.50 bits per heavy atom. The van der Waals surface area contributed by atoms with Crippen molar-refractivity contribution < 1.29 is 37.5 Å². The normalized spacial score (nSPS) is 26.9. The Balaban J connectivity index is 0.635. The fourth-order valence-electron chi connectivity index (χ4n) is 11.6. The van der Waals surface area contributed by atoms with Crippen LogP contribution in [0.5, 0.6) is 0 Å². The van der Waals surface area contributed by atoms with Gasteiger partial charge in [0.1, 0.15) is 17.4 Å². The van der Waals surface area contributed by atoms with Gasteiger partial charge in [0.25, 0.3) is 24.1 Å². The molecule has 2 bridgehead atoms. The highest BCUT2D eigenvalue weighted by Crippen LogP contribution is 2.53. The van der Waals surface area contributed by atoms with Crippen molar-refractivity contribution in [2.75, 3.05) is 54.9 Å². The minimum atomic E-state index is -2.86. The Hall–Kier alpha value is -5.82. The lowest BCUT2D eigenvalue weighted by Gasteiger charge is -2.53. The molecule has 64 heavy (non-hydrogen) atoms. The second-order valence-electron chi connectivity index (χ2n) is 19.1. The number of halogens is 2. The summed E-state index contributed by atoms with van der Waals surface area (Å²) in [6, 6.07) is 6.23. The van der Waals surface area contributed by atoms with Gasteiger partial charge in [0.15, 0.2) is 11.3 Å². The summed E-state index contributed by atoms with van der Waals surface area (Å²) in [6.45, 7) is 5.29. The van der Waals surface area contributed by atoms with Crippen LogP contribution in [-0.4, -0.2) is 121 Å². The first kappa shape index (κ1) is 40.9. The zero-order valence-electron chi connectivity index (χ0n) is 35.4. The van der Waals surface area contributed by atoms with Crippen molar-refractivity contribution in [3.8, 4) is 0 Å². The number of imide groups is 2. The van der Waals surface area contributed by atoms with Crippen LogP contribution in [0.25, 0.3) is 5.65 Å². The van der Waals surface area contributed by atoms with E-state index in [0.717, 1.165) is 107 Å². The van der Waals surface area contributed by atoms with Crippen molar-refractivity contribution in [1.29, 1.82) is 0 Å². The average molecular weight is 880 g/mol. The molecule has 4 saturated heterocycles. The molecule has 1 unspecified atom stereocenters. The Bertz CT molecular complexity index is 2540. The Kier molecular flexibility index (Phi) is 10.2. The maximum atomic E-state index is 14.3. The Morgan fingerprint density at radius 1 is 0.969 bits per heavy atom. The van der Waals surface area contributed by atoms with E-state index in [1.54, 1.807) is 35.3 Å². The van der Waals surface area contributed by atoms with Gasteiger partial charge in [0.05, 0.1) is 47.8 Å². The highest BCUT2D eigenvalue weighted by molar-refractivity contribution is 6.23. The summed E-state index contributed by atoms with van der Waals surface area (Å²) in [4.78, 5) is 74.4. The van der Waals surface area contributed by atoms with E-state index in [1.807, 2.05) is 6.07 Å². The van der Waals surface area contributed by atoms with Crippen molar-refractivity contribution in [2.45, 2.75) is 101 Å². The molecule has 0 radical (unpaired) electrons. The van der Waals surface area contributed by atoms with Crippen LogP contribution >= 0.6 is 0 Å². The van der Waals surface area contributed by atoms with Gasteiger partial charge in [-0.15, -0.1) is 0 Å². The SMILES string of the molecule is O=C1CCC(N2C(=O)c3ccc(NCC4CC5(CCN(C[C@H]6CC[C@H](n7cc(NC(=O)c8cnn9ccc(N%10C[C@H]%11C[C@@H]%10CO%11)nc89)c(C(F)F)n7)CC6)CC5)C4)cc3C2=O)C(=O)N1. The van der Waals surface area contributed by atoms with Gasteiger partial charge in [-0.2, -0.15) is 10.2 Å². The van der Waals surface area contributed by atoms with Gasteiger partial charge in [0.2, 0.25) is 11.8 Å². The molecule has 17 nitrogen and oxygen atoms in total. The Labute approximate surface area is 367 Å². The topological polar surface area (TPSA) is 188 Å². The number of carbonyl (C=O) groups excluding carboxylic acids is 5. The number of nitrogens with zero attached hydrogens (tertiary/aromatic N) is 8. The molecule has 6 fully saturated rings. The number of ether oxygens (including phenoxy) is 1. The zero-order chi connectivity index (χ0) is 43.9. The van der Waals surface area contributed by atoms with Crippen LogP contribution in [0.15, 0.2) is 42.9 Å². The minimum absolute atomic E-state index is 0.000359. The molecule has 11 rings (SSSR count). The van der Waals surface area contributed by atoms with Crippen LogP contribution < -0.4 is 20.9 Å². The highest BCUT2D eigenvalue weighted by atomic mass is 19.3. The summed E-state index contributed by atoms with van der Waals surface area (Å²) in [5.74, 6) is -0.835. The van der Waals surface area contributed by atoms with Crippen LogP contribution in [0.3, 0.4) is 0 Å². The third-order valence-corrected chi connectivity index (χ3v) is 15.1. The molecule has 3 N–H and O–H groups in total. The van der Waals surface area contributed by atoms with Crippen LogP contribution in [0.4, 0.5) is 26.0 Å². The molecule has 2 aliphatic carbocycles. The fraction of sp³-hybridized carbons (Fsp3) is 0.556. The number of hydrogen-bond donors (Lipinski definition) is 3. The van der Waals surface area contributed by atoms with Crippen molar-refractivity contribution >= 4 is 52.4 Å². The number of anilines is 3. The van der Waals surface area contributed by atoms with Crippen molar-refractivity contribution in [1.82, 2.24) is 39.5 Å². The van der Waals surface area contributed by atoms with E-state index in [2.05, 4.69) is 35.9 Å². The summed E-state index contributed by atoms with van der Waals surface area (Å²) in [7, 11) is 0. The molecule has 8 heterocycles. The van der Waals surface area contributed by atoms with Gasteiger partial charge >= 0.3 is 0 Å². The predicted molar refractivity (Wildman–Crippen MR) is 227 cm³/mol. The number of aromatic nitrogens is 5. The number of fused-ring (bicyclic) bond motifs is 4. The van der Waals surface area contributed by atoms with Gasteiger partial charge in [0, 0.05) is 44.1 Å². The molecule has 3 aromatic heterocycles. The standard InChI is InChI=1S/C45H51F2N11O6/c46-39(47)38-34(50-41(60)33-20-49-56-12-9-36(51-40(33)56)55-22-30-16-29(55)24-64-30)23-57(53-38)28-4-1-25(2-5-28)21-54-13-10-45(11-14-54)17-26(18-45)19-48-27-3-6-31-32(15-27)44(63)58(43(31)62)35-7-8-37(59)52-42(35)61/h3,6,9,12,15,20,23,25-26,28-30,35,39,48H,1-2,4-5,7-8,10-11,13-14,16-19,21-22,24H2,(H,50,60)(H,52,59,61)/t25-,28-,29-,30-,35?/m1/s1. The minimum Gasteiger partial charge on any atom is -0.385 e. The number of nitrogens with one attached hydrogen (secondary N) is 3. The number of likely N-dealkylation sites (tertiary alicyclic amines) is 1. The first-order valence-corrected chi connectivity index (χ1v) is 22.7. The van der Waals surface area contributed by atoms with Crippen LogP contribution in [0.2, 0.25) is 0 Å². The van der Waals surface area contributed by atoms with E-state index < -0.39 is 47.7 Å². The molecular formula is C45H51F2N11O6. The maximum absolute atomic E-state index is 14.3. The number of rotatable bonds is 11. The first-order chi connectivity index (χ1) is 31.0. The summed E-state index contributed by atoms with van der Waals surface area (Å²) >= 11 is 0. The molecule has 19 heteroatoms. The summed E-state index contributed by atoms with van der Waals surface area (Å²) in [5.41, 5.74) is 1.77. The van der Waals surface area contributed by atoms with E-state index in [4.69, 9.17) is 9.72 Å². The number of morpholine rings is 1. The second kappa shape index (κ2) is 16.0. The zero-order valence-corrected chi connectivity index (χ0v) is 35.4. The van der Waals surface area contributed by atoms with E-state index >= 15 is 0 Å². The summed E-state index contributed by atoms with van der Waals surface area (Å²) < 4.78 is 37.5. The van der Waals surface area contributed by atoms with Gasteiger partial charge in [-0.3, -0.25) is 38.9 Å². The molecule has 336 valence electrons. The van der Waals surface area contributed by atoms with E-state index in [0.29, 0.717) is 29.5 Å². The number of benzene rings is 1. The van der Waals surface area contributed by atoms with Gasteiger partial charge in [-0.1, -0.05) is 0 Å². The van der Waals surface area contributed by atoms with Crippen molar-refractivity contribution in [3.63, 3.8) is 0 Å². The Morgan fingerprint density at radius 2 is 1.77 bits per heavy atom. The van der Waals surface area contributed by atoms with Gasteiger partial charge in [-0.25, -0.2) is 18.3 Å². The van der Waals surface area contributed by atoms with Crippen LogP contribution in [0, 0.1) is 17.3 Å². The molecule has 2 saturated carbocycles. The smallest absolute Gasteiger partial charge is 0.284 e. The fourth-order valence-corrected chi connectivity index (χ4v) is 11.6. The number of piperidine rings is 2. The van der Waals surface area contributed by atoms with E-state index in [9.17, 15) is 32.8 Å². The largest absolute Gasteiger partial charge is 0.385 e. The van der Waals surface area contributed by atoms with Crippen molar-refractivity contribution in [2.24, 2.45) is 17.3 Å². The number of alkyl halides is 2. The van der Waals surface area contributed by atoms with Crippen molar-refractivity contribution in [3.05, 3.63) is 65.2 Å². The molecule has 1 spiro atoms. The average Bonchev–Trinajstić information content (AvgIpc) is 4.13. The maximum Gasteiger partial charge on any atom is 0.284 e. The lowest BCUT2D eigenvalue weighted by atomic mass is 9.57. The molecule has 7 aliphatic rings. The van der Waals surface area contributed by atoms with Crippen LogP contribution in [-0.2, 0) is 14.3 Å². The molecule has 1 aromatic carbocycles. The number of hydrogen-bond acceptors (Lipinski definition) is 12. The molecule has 5 amide bonds. The second-order valence-corrected chi connectivity index (χ2v) is 19.1. The molecule has 5 aliphatic heterocycles. The monoisotopic (exact) mass is 879 g/mol. The molecule has 4 aromatic rings. The molecule has 3 atom stereocenters. The number of amides is 5. The van der Waals surface area contributed by atoms with Crippen LogP contribution in [0.1, 0.15) is 120 Å². The third kappa shape index (κ3) is 7.39. The third-order valence-electron chi connectivity index (χ3n) is 15.1. The summed E-state index contributed by atoms with van der Waals surface area (Å²) in [6.07, 6.45) is 11.4. The lowest BCUT2D eigenvalue weighted by Crippen LogP contribution is -2.54. The highest BCUT2D eigenvalue weighted by Gasteiger charge is 2.47. The van der Waals surface area contributed by atoms with E-state index in [1.165, 1.54) is 10.7 Å². The first-order valence-electron chi connectivity index (χ1n) is 22.7. The molecular weight excluding hydrogens is 829 g/mol. The predicted octanol–water partition coefficient (Wildman–Crippen LogP) is 4.83. The van der Waals surface area contributed by atoms with E-state index in [-0.39, 0.29) is 53.4 Å².